The quantitative estimate of drug-likeness (QED) is 0.551. The van der Waals surface area contributed by atoms with E-state index in [2.05, 4.69) is 53.7 Å². The van der Waals surface area contributed by atoms with Crippen molar-refractivity contribution in [1.29, 1.82) is 0 Å². The van der Waals surface area contributed by atoms with E-state index >= 15 is 0 Å². The van der Waals surface area contributed by atoms with Crippen LogP contribution in [-0.4, -0.2) is 49.5 Å². The molecule has 1 aliphatic rings. The van der Waals surface area contributed by atoms with Crippen LogP contribution in [0.3, 0.4) is 0 Å². The van der Waals surface area contributed by atoms with Gasteiger partial charge in [0.2, 0.25) is 0 Å². The first-order valence-electron chi connectivity index (χ1n) is 8.91. The smallest absolute Gasteiger partial charge is 0.191 e. The van der Waals surface area contributed by atoms with Crippen LogP contribution < -0.4 is 10.6 Å². The number of nitrogens with zero attached hydrogens (tertiary/aromatic N) is 1. The maximum Gasteiger partial charge on any atom is 0.191 e. The summed E-state index contributed by atoms with van der Waals surface area (Å²) >= 11 is 0. The van der Waals surface area contributed by atoms with Gasteiger partial charge in [-0.15, -0.1) is 0 Å². The Hall–Kier alpha value is -1.59. The number of guanidine groups is 1. The molecular weight excluding hydrogens is 302 g/mol. The monoisotopic (exact) mass is 333 g/mol. The van der Waals surface area contributed by atoms with E-state index in [1.165, 1.54) is 11.1 Å². The third kappa shape index (κ3) is 5.80. The molecule has 0 radical (unpaired) electrons. The Bertz CT molecular complexity index is 539. The van der Waals surface area contributed by atoms with E-state index in [9.17, 15) is 5.11 Å². The van der Waals surface area contributed by atoms with Crippen molar-refractivity contribution < 1.29 is 9.84 Å². The minimum atomic E-state index is -0.733. The summed E-state index contributed by atoms with van der Waals surface area (Å²) in [6, 6.07) is 8.60. The number of aliphatic hydroxyl groups is 1. The van der Waals surface area contributed by atoms with Gasteiger partial charge in [0.25, 0.3) is 0 Å². The largest absolute Gasteiger partial charge is 0.388 e. The summed E-state index contributed by atoms with van der Waals surface area (Å²) in [5, 5.41) is 17.2. The number of hydrogen-bond acceptors (Lipinski definition) is 3. The first-order chi connectivity index (χ1) is 11.5. The number of nitrogens with one attached hydrogen (secondary N) is 2. The zero-order chi connectivity index (χ0) is 17.4. The van der Waals surface area contributed by atoms with E-state index in [4.69, 9.17) is 4.74 Å². The molecule has 1 aromatic carbocycles. The normalized spacial score (nSPS) is 18.9. The van der Waals surface area contributed by atoms with Crippen LogP contribution in [-0.2, 0) is 4.74 Å². The molecule has 1 atom stereocenters. The molecule has 1 aliphatic heterocycles. The van der Waals surface area contributed by atoms with Gasteiger partial charge in [0.1, 0.15) is 0 Å². The van der Waals surface area contributed by atoms with Crippen LogP contribution in [0.1, 0.15) is 43.7 Å². The second-order valence-electron chi connectivity index (χ2n) is 6.73. The molecule has 0 spiro atoms. The topological polar surface area (TPSA) is 65.9 Å². The fraction of sp³-hybridized carbons (Fsp3) is 0.632. The number of aliphatic imine (C=N–C) groups is 1. The highest BCUT2D eigenvalue weighted by molar-refractivity contribution is 5.79. The zero-order valence-corrected chi connectivity index (χ0v) is 15.1. The van der Waals surface area contributed by atoms with Crippen molar-refractivity contribution in [3.63, 3.8) is 0 Å². The lowest BCUT2D eigenvalue weighted by molar-refractivity contribution is -0.0565. The first kappa shape index (κ1) is 18.7. The van der Waals surface area contributed by atoms with Crippen LogP contribution in [0.25, 0.3) is 0 Å². The molecule has 1 unspecified atom stereocenters. The molecule has 0 amide bonds. The van der Waals surface area contributed by atoms with Crippen LogP contribution in [0.5, 0.6) is 0 Å². The molecule has 1 aromatic rings. The fourth-order valence-electron chi connectivity index (χ4n) is 2.82. The Morgan fingerprint density at radius 3 is 2.75 bits per heavy atom. The van der Waals surface area contributed by atoms with Crippen LogP contribution in [0, 0.1) is 6.92 Å². The van der Waals surface area contributed by atoms with Crippen molar-refractivity contribution in [2.24, 2.45) is 4.99 Å². The van der Waals surface area contributed by atoms with Gasteiger partial charge in [0.15, 0.2) is 5.96 Å². The highest BCUT2D eigenvalue weighted by Crippen LogP contribution is 2.20. The van der Waals surface area contributed by atoms with Crippen molar-refractivity contribution in [3.05, 3.63) is 35.4 Å². The highest BCUT2D eigenvalue weighted by atomic mass is 16.5. The summed E-state index contributed by atoms with van der Waals surface area (Å²) in [6.07, 6.45) is 1.30. The van der Waals surface area contributed by atoms with Crippen molar-refractivity contribution in [2.75, 3.05) is 32.8 Å². The maximum atomic E-state index is 10.5. The molecule has 5 heteroatoms. The lowest BCUT2D eigenvalue weighted by Gasteiger charge is -2.30. The average Bonchev–Trinajstić information content (AvgIpc) is 2.58. The van der Waals surface area contributed by atoms with Crippen LogP contribution >= 0.6 is 0 Å². The lowest BCUT2D eigenvalue weighted by Crippen LogP contribution is -2.43. The molecule has 2 rings (SSSR count). The van der Waals surface area contributed by atoms with E-state index in [1.807, 2.05) is 6.92 Å². The first-order valence-corrected chi connectivity index (χ1v) is 8.91. The number of ether oxygens (including phenoxy) is 1. The second-order valence-corrected chi connectivity index (χ2v) is 6.73. The van der Waals surface area contributed by atoms with Gasteiger partial charge in [-0.05, 0) is 25.3 Å². The van der Waals surface area contributed by atoms with Gasteiger partial charge in [-0.2, -0.15) is 0 Å². The van der Waals surface area contributed by atoms with E-state index in [0.717, 1.165) is 19.0 Å². The van der Waals surface area contributed by atoms with Crippen LogP contribution in [0.4, 0.5) is 0 Å². The summed E-state index contributed by atoms with van der Waals surface area (Å²) in [5.41, 5.74) is 1.87. The predicted molar refractivity (Wildman–Crippen MR) is 98.6 cm³/mol. The van der Waals surface area contributed by atoms with Gasteiger partial charge >= 0.3 is 0 Å². The molecule has 3 N–H and O–H groups in total. The molecule has 0 aliphatic carbocycles. The van der Waals surface area contributed by atoms with Gasteiger partial charge in [-0.1, -0.05) is 36.8 Å². The minimum Gasteiger partial charge on any atom is -0.388 e. The van der Waals surface area contributed by atoms with Crippen molar-refractivity contribution >= 4 is 5.96 Å². The summed E-state index contributed by atoms with van der Waals surface area (Å²) in [4.78, 5) is 4.58. The van der Waals surface area contributed by atoms with Gasteiger partial charge < -0.3 is 20.5 Å². The third-order valence-corrected chi connectivity index (χ3v) is 4.49. The molecule has 1 saturated heterocycles. The summed E-state index contributed by atoms with van der Waals surface area (Å²) in [5.74, 6) is 1.15. The van der Waals surface area contributed by atoms with E-state index in [-0.39, 0.29) is 0 Å². The molecule has 0 bridgehead atoms. The molecule has 134 valence electrons. The number of rotatable bonds is 6. The fourth-order valence-corrected chi connectivity index (χ4v) is 2.82. The van der Waals surface area contributed by atoms with E-state index < -0.39 is 5.60 Å². The maximum absolute atomic E-state index is 10.5. The molecule has 0 aromatic heterocycles. The average molecular weight is 333 g/mol. The molecule has 1 heterocycles. The predicted octanol–water partition coefficient (Wildman–Crippen LogP) is 2.20. The molecular formula is C19H31N3O2. The Kier molecular flexibility index (Phi) is 7.06. The number of aryl methyl sites for hydroxylation is 1. The Balaban J connectivity index is 1.91. The molecule has 1 fully saturated rings. The van der Waals surface area contributed by atoms with Crippen LogP contribution in [0.2, 0.25) is 0 Å². The third-order valence-electron chi connectivity index (χ3n) is 4.49. The van der Waals surface area contributed by atoms with Gasteiger partial charge in [0, 0.05) is 39.1 Å². The lowest BCUT2D eigenvalue weighted by atomic mass is 9.95. The summed E-state index contributed by atoms with van der Waals surface area (Å²) in [7, 11) is 0. The van der Waals surface area contributed by atoms with Gasteiger partial charge in [0.05, 0.1) is 12.1 Å². The van der Waals surface area contributed by atoms with Crippen molar-refractivity contribution in [2.45, 2.75) is 45.1 Å². The summed E-state index contributed by atoms with van der Waals surface area (Å²) in [6.45, 7) is 9.60. The zero-order valence-electron chi connectivity index (χ0n) is 15.1. The number of benzene rings is 1. The van der Waals surface area contributed by atoms with Gasteiger partial charge in [-0.3, -0.25) is 4.99 Å². The molecule has 5 nitrogen and oxygen atoms in total. The van der Waals surface area contributed by atoms with E-state index in [1.54, 1.807) is 0 Å². The van der Waals surface area contributed by atoms with Crippen LogP contribution in [0.15, 0.2) is 29.3 Å². The van der Waals surface area contributed by atoms with E-state index in [0.29, 0.717) is 38.5 Å². The minimum absolute atomic E-state index is 0.389. The Labute approximate surface area is 145 Å². The summed E-state index contributed by atoms with van der Waals surface area (Å²) < 4.78 is 5.32. The molecule has 0 saturated carbocycles. The van der Waals surface area contributed by atoms with Crippen molar-refractivity contribution in [1.82, 2.24) is 10.6 Å². The molecule has 24 heavy (non-hydrogen) atoms. The Morgan fingerprint density at radius 1 is 1.33 bits per heavy atom. The SMILES string of the molecule is CCNC(=NCC1(O)CCOCC1)NCC(C)c1cccc(C)c1. The standard InChI is InChI=1S/C19H31N3O2/c1-4-20-18(22-14-19(23)8-10-24-11-9-19)21-13-16(3)17-7-5-6-15(2)12-17/h5-7,12,16,23H,4,8-11,13-14H2,1-3H3,(H2,20,21,22). The number of hydrogen-bond donors (Lipinski definition) is 3. The van der Waals surface area contributed by atoms with Gasteiger partial charge in [-0.25, -0.2) is 0 Å². The van der Waals surface area contributed by atoms with Crippen molar-refractivity contribution in [3.8, 4) is 0 Å². The highest BCUT2D eigenvalue weighted by Gasteiger charge is 2.29. The second kappa shape index (κ2) is 9.04. The Morgan fingerprint density at radius 2 is 2.08 bits per heavy atom.